The van der Waals surface area contributed by atoms with Crippen LogP contribution in [0.1, 0.15) is 0 Å². The molecule has 0 radical (unpaired) electrons. The second-order valence-corrected chi connectivity index (χ2v) is 29.8. The van der Waals surface area contributed by atoms with E-state index in [4.69, 9.17) is 0 Å². The summed E-state index contributed by atoms with van der Waals surface area (Å²) in [6.45, 7) is 0.778. The summed E-state index contributed by atoms with van der Waals surface area (Å²) in [7, 11) is 0. The van der Waals surface area contributed by atoms with E-state index in [-0.39, 0.29) is 0 Å². The Morgan fingerprint density at radius 2 is 0.884 bits per heavy atom. The fraction of sp³-hybridized carbons (Fsp3) is 0.00909. The summed E-state index contributed by atoms with van der Waals surface area (Å²) in [5, 5.41) is 34.1. The Morgan fingerprint density at radius 1 is 0.272 bits per heavy atom. The summed E-state index contributed by atoms with van der Waals surface area (Å²) >= 11 is 6.57. The van der Waals surface area contributed by atoms with Gasteiger partial charge in [-0.3, -0.25) is 54.9 Å². The molecular formula is C110H102N30O3S4. The van der Waals surface area contributed by atoms with Crippen molar-refractivity contribution in [3.05, 3.63) is 579 Å². The van der Waals surface area contributed by atoms with Gasteiger partial charge < -0.3 is 33.3 Å². The van der Waals surface area contributed by atoms with Crippen LogP contribution < -0.4 is 0 Å². The van der Waals surface area contributed by atoms with Gasteiger partial charge in [-0.1, -0.05) is 151 Å². The van der Waals surface area contributed by atoms with Gasteiger partial charge in [-0.15, -0.1) is 22.7 Å². The van der Waals surface area contributed by atoms with E-state index < -0.39 is 0 Å². The Bertz CT molecular complexity index is 5860. The first kappa shape index (κ1) is 112. The van der Waals surface area contributed by atoms with Crippen molar-refractivity contribution in [3.8, 4) is 0 Å². The molecule has 0 saturated heterocycles. The standard InChI is InChI=1S/2C9H7N.2C8H6N2.C8H7N.C8H6S.C7H6N2.C5H5N.3C4H4N2.C4H5N.C4H4O.C4H4S.C3H3N3.3C3H4N2.2C3H3NO.2C3H3NS/c1-2-6-9-8(4-1)5-3-7-10-9;1-2-4-9-7-10-6-5-8(9)3-1;1-2-4-8-7(3-1)5-9-6-10-8;1-2-4-8-7(3-1)9-5-6-10-8;2*1-2-4-8-7(3-1)5-6-9-8;1-2-4-7-6(3-1)8-5-9-7;1-2-4-6-5-3-1;2*1-2-6-4-3-5-1;1-2-5-4-6-3-1;3*1-2-4-5-3-1;1-4-2-6-3-5-1;1-2-5-3-4-1;2*1-2-4-5-3-1;1-2-5-3-4-1;1-2-4-5-3-1;1-2-5-3-4-1;1-2-4-5-3-1/h2*1-7H;2*1-6H;1-6,9H;1-6H;1-5H,(H,8,9);1-5H;3*1-4H;1-5H;2*1-4H;1-3H;1-3H,(H,4,5);1-2H,3H2;1-3H,(H,4,5);4*1-3H. The van der Waals surface area contributed by atoms with Gasteiger partial charge in [0.1, 0.15) is 44.2 Å². The summed E-state index contributed by atoms with van der Waals surface area (Å²) in [5.74, 6) is 0. The zero-order valence-corrected chi connectivity index (χ0v) is 82.4. The number of H-pyrrole nitrogens is 5. The first-order valence-corrected chi connectivity index (χ1v) is 47.8. The molecule has 0 aliphatic carbocycles. The predicted molar refractivity (Wildman–Crippen MR) is 586 cm³/mol. The Kier molecular flexibility index (Phi) is 62.7. The Morgan fingerprint density at radius 3 is 1.29 bits per heavy atom. The van der Waals surface area contributed by atoms with Gasteiger partial charge >= 0.3 is 0 Å². The SMILES string of the molecule is C1=CN=NC1.c1c[nH]cn1.c1cc[nH]c1.c1ccc2[nH]ccc2c1.c1ccc2[nH]cnc2c1.c1ccc2cnccc2c1.c1ccc2ncccc2c1.c1ccc2nccnc2c1.c1ccc2ncncc2c1.c1ccc2sccc2c1.c1ccncc1.c1ccoc1.c1ccsc1.c1cn[nH]c1.c1cnccn1.c1cnccn1.c1cncnc1.c1cnoc1.c1cnsc1.c1cocn1.c1cscn1.c1ncncn1. The highest BCUT2D eigenvalue weighted by molar-refractivity contribution is 7.17. The van der Waals surface area contributed by atoms with E-state index in [1.165, 1.54) is 92.9 Å². The number of aromatic amines is 5. The fourth-order valence-corrected chi connectivity index (χ4v) is 12.0. The molecule has 147 heavy (non-hydrogen) atoms. The number of hydrogen-bond donors (Lipinski definition) is 5. The van der Waals surface area contributed by atoms with E-state index in [1.54, 1.807) is 226 Å². The topological polar surface area (TPSA) is 440 Å². The molecule has 0 bridgehead atoms. The number of rotatable bonds is 0. The largest absolute Gasteiger partial charge is 0.473 e. The van der Waals surface area contributed by atoms with E-state index >= 15 is 0 Å². The number of pyridine rings is 3. The number of nitrogens with zero attached hydrogens (tertiary/aromatic N) is 25. The number of aromatic nitrogens is 28. The molecule has 0 spiro atoms. The lowest BCUT2D eigenvalue weighted by Crippen LogP contribution is -1.78. The number of oxazole rings is 1. The highest BCUT2D eigenvalue weighted by atomic mass is 32.1. The lowest BCUT2D eigenvalue weighted by Gasteiger charge is -1.91. The number of furan rings is 1. The molecule has 29 rings (SSSR count). The molecule has 21 aromatic heterocycles. The van der Waals surface area contributed by atoms with Crippen molar-refractivity contribution in [3.63, 3.8) is 0 Å². The summed E-state index contributed by atoms with van der Waals surface area (Å²) in [5.41, 5.74) is 9.07. The number of benzene rings is 7. The van der Waals surface area contributed by atoms with Crippen molar-refractivity contribution in [1.82, 2.24) is 139 Å². The summed E-state index contributed by atoms with van der Waals surface area (Å²) in [4.78, 5) is 87.9. The van der Waals surface area contributed by atoms with Gasteiger partial charge in [0.25, 0.3) is 0 Å². The van der Waals surface area contributed by atoms with Crippen molar-refractivity contribution < 1.29 is 13.4 Å². The second-order valence-electron chi connectivity index (χ2n) is 26.6. The van der Waals surface area contributed by atoms with E-state index in [0.29, 0.717) is 0 Å². The van der Waals surface area contributed by atoms with E-state index in [9.17, 15) is 0 Å². The number of imidazole rings is 2. The maximum atomic E-state index is 4.58. The number of thiophene rings is 2. The molecule has 33 nitrogen and oxygen atoms in total. The smallest absolute Gasteiger partial charge is 0.180 e. The number of nitrogens with one attached hydrogen (secondary N) is 5. The quantitative estimate of drug-likeness (QED) is 0.0941. The van der Waals surface area contributed by atoms with Crippen molar-refractivity contribution >= 4 is 121 Å². The fourth-order valence-electron chi connectivity index (χ4n) is 10.0. The van der Waals surface area contributed by atoms with Gasteiger partial charge in [-0.05, 0) is 189 Å². The molecule has 0 amide bonds. The van der Waals surface area contributed by atoms with Gasteiger partial charge in [0.05, 0.1) is 82.7 Å². The minimum atomic E-state index is 0.778. The van der Waals surface area contributed by atoms with Crippen LogP contribution in [-0.4, -0.2) is 146 Å². The maximum absolute atomic E-state index is 4.58. The van der Waals surface area contributed by atoms with Crippen LogP contribution in [-0.2, 0) is 0 Å². The zero-order valence-electron chi connectivity index (χ0n) is 79.1. The molecular weight excluding hydrogens is 1920 g/mol. The number of thiazole rings is 1. The van der Waals surface area contributed by atoms with Gasteiger partial charge in [-0.25, -0.2) is 54.2 Å². The lowest BCUT2D eigenvalue weighted by molar-refractivity contribution is 0.420. The van der Waals surface area contributed by atoms with Crippen LogP contribution in [0.2, 0.25) is 0 Å². The summed E-state index contributed by atoms with van der Waals surface area (Å²) in [6.07, 6.45) is 71.9. The molecule has 7 aromatic carbocycles. The molecule has 5 N–H and O–H groups in total. The van der Waals surface area contributed by atoms with Crippen LogP contribution in [0.3, 0.4) is 0 Å². The number of fused-ring (bicyclic) bond motifs is 7. The van der Waals surface area contributed by atoms with Crippen LogP contribution in [0.4, 0.5) is 0 Å². The minimum absolute atomic E-state index is 0.778. The van der Waals surface area contributed by atoms with Crippen molar-refractivity contribution in [2.24, 2.45) is 10.2 Å². The maximum Gasteiger partial charge on any atom is 0.180 e. The molecule has 0 unspecified atom stereocenters. The second kappa shape index (κ2) is 82.0. The van der Waals surface area contributed by atoms with Crippen LogP contribution in [0.5, 0.6) is 0 Å². The van der Waals surface area contributed by atoms with Crippen LogP contribution in [0.25, 0.3) is 75.6 Å². The third kappa shape index (κ3) is 57.9. The molecule has 734 valence electrons. The van der Waals surface area contributed by atoms with Gasteiger partial charge in [0, 0.05) is 205 Å². The van der Waals surface area contributed by atoms with Crippen molar-refractivity contribution in [2.45, 2.75) is 0 Å². The Labute approximate surface area is 863 Å². The van der Waals surface area contributed by atoms with Crippen LogP contribution >= 0.6 is 45.5 Å². The number of para-hydroxylation sites is 7. The monoisotopic (exact) mass is 2020 g/mol. The molecule has 0 atom stereocenters. The van der Waals surface area contributed by atoms with Crippen molar-refractivity contribution in [2.75, 3.05) is 6.54 Å². The Balaban J connectivity index is 0.000000189. The van der Waals surface area contributed by atoms with Crippen LogP contribution in [0.15, 0.2) is 603 Å². The predicted octanol–water partition coefficient (Wildman–Crippen LogP) is 26.2. The van der Waals surface area contributed by atoms with Gasteiger partial charge in [-0.2, -0.15) is 26.7 Å². The van der Waals surface area contributed by atoms with Crippen molar-refractivity contribution in [1.29, 1.82) is 0 Å². The average Bonchev–Trinajstić information content (AvgIpc) is 1.78. The van der Waals surface area contributed by atoms with Crippen LogP contribution in [0, 0.1) is 0 Å². The average molecular weight is 2020 g/mol. The number of azo groups is 1. The first-order valence-electron chi connectivity index (χ1n) is 44.2. The molecule has 22 heterocycles. The zero-order chi connectivity index (χ0) is 102. The highest BCUT2D eigenvalue weighted by Crippen LogP contribution is 2.19. The first-order chi connectivity index (χ1) is 73.3. The van der Waals surface area contributed by atoms with E-state index in [2.05, 4.69) is 241 Å². The summed E-state index contributed by atoms with van der Waals surface area (Å²) < 4.78 is 18.5. The minimum Gasteiger partial charge on any atom is -0.473 e. The number of hydrogen-bond acceptors (Lipinski definition) is 32. The van der Waals surface area contributed by atoms with Gasteiger partial charge in [0.2, 0.25) is 0 Å². The third-order valence-electron chi connectivity index (χ3n) is 16.4. The van der Waals surface area contributed by atoms with E-state index in [0.717, 1.165) is 45.0 Å². The molecule has 0 saturated carbocycles. The van der Waals surface area contributed by atoms with Gasteiger partial charge in [0.15, 0.2) is 6.39 Å². The molecule has 0 fully saturated rings. The molecule has 1 aliphatic rings. The lowest BCUT2D eigenvalue weighted by atomic mass is 10.2. The Hall–Kier alpha value is -19.9. The van der Waals surface area contributed by atoms with E-state index in [1.807, 2.05) is 265 Å². The normalized spacial score (nSPS) is 9.28. The highest BCUT2D eigenvalue weighted by Gasteiger charge is 1.94. The molecule has 1 aliphatic heterocycles. The summed E-state index contributed by atoms with van der Waals surface area (Å²) in [6, 6.07) is 91.3. The molecule has 37 heteroatoms. The molecule has 28 aromatic rings. The third-order valence-corrected chi connectivity index (χ3v) is 19.0.